The molecule has 0 unspecified atom stereocenters. The van der Waals surface area contributed by atoms with E-state index in [9.17, 15) is 23.3 Å². The average molecular weight is 403 g/mol. The van der Waals surface area contributed by atoms with Crippen LogP contribution in [0.25, 0.3) is 0 Å². The van der Waals surface area contributed by atoms with Gasteiger partial charge in [-0.25, -0.2) is 17.2 Å². The third-order valence-corrected chi connectivity index (χ3v) is 5.19. The number of hydrogen-bond donors (Lipinski definition) is 0. The van der Waals surface area contributed by atoms with Crippen molar-refractivity contribution in [3.05, 3.63) is 56.3 Å². The maximum Gasteiger partial charge on any atom is 0.355 e. The maximum atomic E-state index is 12.8. The third kappa shape index (κ3) is 3.13. The molecule has 8 nitrogen and oxygen atoms in total. The van der Waals surface area contributed by atoms with Gasteiger partial charge in [0.05, 0.1) is 12.0 Å². The Morgan fingerprint density at radius 1 is 1.35 bits per heavy atom. The number of esters is 1. The second kappa shape index (κ2) is 6.13. The van der Waals surface area contributed by atoms with Crippen molar-refractivity contribution in [2.24, 2.45) is 0 Å². The number of nitrogens with zero attached hydrogens (tertiary/aromatic N) is 2. The van der Waals surface area contributed by atoms with Crippen LogP contribution in [0.2, 0.25) is 0 Å². The van der Waals surface area contributed by atoms with Gasteiger partial charge in [0.15, 0.2) is 4.90 Å². The van der Waals surface area contributed by atoms with E-state index in [-0.39, 0.29) is 5.69 Å². The van der Waals surface area contributed by atoms with Crippen molar-refractivity contribution in [1.29, 1.82) is 0 Å². The van der Waals surface area contributed by atoms with Crippen LogP contribution < -0.4 is 0 Å². The lowest BCUT2D eigenvalue weighted by atomic mass is 10.3. The van der Waals surface area contributed by atoms with Crippen molar-refractivity contribution in [2.45, 2.75) is 11.8 Å². The molecule has 0 atom stereocenters. The molecule has 0 aliphatic rings. The minimum Gasteiger partial charge on any atom is -0.464 e. The molecule has 0 amide bonds. The van der Waals surface area contributed by atoms with Gasteiger partial charge in [-0.2, -0.15) is 0 Å². The van der Waals surface area contributed by atoms with Crippen LogP contribution in [0.5, 0.6) is 0 Å². The van der Waals surface area contributed by atoms with Crippen LogP contribution in [0.3, 0.4) is 0 Å². The lowest BCUT2D eigenvalue weighted by Crippen LogP contribution is -2.19. The van der Waals surface area contributed by atoms with Gasteiger partial charge in [-0.3, -0.25) is 10.1 Å². The largest absolute Gasteiger partial charge is 0.464 e. The zero-order valence-electron chi connectivity index (χ0n) is 12.0. The Morgan fingerprint density at radius 3 is 2.57 bits per heavy atom. The normalized spacial score (nSPS) is 11.3. The molecule has 0 saturated carbocycles. The van der Waals surface area contributed by atoms with Gasteiger partial charge in [0.25, 0.3) is 15.7 Å². The van der Waals surface area contributed by atoms with E-state index in [1.54, 1.807) is 6.92 Å². The molecule has 23 heavy (non-hydrogen) atoms. The lowest BCUT2D eigenvalue weighted by Gasteiger charge is -2.09. The number of nitro benzene ring substituents is 1. The topological polar surface area (TPSA) is 109 Å². The summed E-state index contributed by atoms with van der Waals surface area (Å²) in [4.78, 5) is 21.6. The number of hydrogen-bond acceptors (Lipinski definition) is 6. The van der Waals surface area contributed by atoms with Crippen LogP contribution in [0.15, 0.2) is 39.8 Å². The van der Waals surface area contributed by atoms with Crippen molar-refractivity contribution >= 4 is 37.6 Å². The lowest BCUT2D eigenvalue weighted by molar-refractivity contribution is -0.387. The first-order valence-electron chi connectivity index (χ1n) is 6.15. The van der Waals surface area contributed by atoms with Gasteiger partial charge in [0, 0.05) is 16.7 Å². The molecule has 122 valence electrons. The highest BCUT2D eigenvalue weighted by Gasteiger charge is 2.31. The Kier molecular flexibility index (Phi) is 4.57. The van der Waals surface area contributed by atoms with E-state index in [4.69, 9.17) is 0 Å². The number of ether oxygens (including phenoxy) is 1. The van der Waals surface area contributed by atoms with Crippen LogP contribution in [0, 0.1) is 17.0 Å². The summed E-state index contributed by atoms with van der Waals surface area (Å²) in [7, 11) is -3.23. The summed E-state index contributed by atoms with van der Waals surface area (Å²) in [6.45, 7) is 1.59. The Bertz CT molecular complexity index is 903. The number of aryl methyl sites for hydroxylation is 1. The van der Waals surface area contributed by atoms with Gasteiger partial charge in [0.1, 0.15) is 5.69 Å². The standard InChI is InChI=1S/C13H11BrN2O6S/c1-8-5-11(13(17)22-2)15(7-8)23(20,21)12-4-3-9(14)6-10(12)16(18)19/h3-7H,1-2H3. The SMILES string of the molecule is COC(=O)c1cc(C)cn1S(=O)(=O)c1ccc(Br)cc1[N+](=O)[O-]. The summed E-state index contributed by atoms with van der Waals surface area (Å²) in [5.74, 6) is -0.860. The van der Waals surface area contributed by atoms with Crippen LogP contribution in [-0.4, -0.2) is 30.4 Å². The Labute approximate surface area is 140 Å². The fourth-order valence-electron chi connectivity index (χ4n) is 1.98. The number of carbonyl (C=O) groups is 1. The quantitative estimate of drug-likeness (QED) is 0.441. The van der Waals surface area contributed by atoms with E-state index < -0.39 is 31.5 Å². The minimum atomic E-state index is -4.34. The molecule has 0 bridgehead atoms. The molecule has 0 spiro atoms. The molecule has 0 N–H and O–H groups in total. The molecule has 1 aromatic carbocycles. The van der Waals surface area contributed by atoms with E-state index in [0.29, 0.717) is 14.0 Å². The molecular formula is C13H11BrN2O6S. The zero-order valence-corrected chi connectivity index (χ0v) is 14.4. The van der Waals surface area contributed by atoms with Crippen LogP contribution in [0.1, 0.15) is 16.1 Å². The van der Waals surface area contributed by atoms with Gasteiger partial charge < -0.3 is 4.74 Å². The molecule has 2 aromatic rings. The van der Waals surface area contributed by atoms with Gasteiger partial charge >= 0.3 is 5.97 Å². The van der Waals surface area contributed by atoms with E-state index in [0.717, 1.165) is 19.2 Å². The summed E-state index contributed by atoms with van der Waals surface area (Å²) in [5, 5.41) is 11.2. The highest BCUT2D eigenvalue weighted by Crippen LogP contribution is 2.30. The van der Waals surface area contributed by atoms with Crippen molar-refractivity contribution in [3.8, 4) is 0 Å². The Morgan fingerprint density at radius 2 is 2.00 bits per heavy atom. The number of benzene rings is 1. The first kappa shape index (κ1) is 17.2. The summed E-state index contributed by atoms with van der Waals surface area (Å²) < 4.78 is 31.1. The van der Waals surface area contributed by atoms with Crippen LogP contribution in [-0.2, 0) is 14.8 Å². The minimum absolute atomic E-state index is 0.234. The van der Waals surface area contributed by atoms with Crippen molar-refractivity contribution in [1.82, 2.24) is 3.97 Å². The molecule has 0 fully saturated rings. The van der Waals surface area contributed by atoms with Crippen molar-refractivity contribution < 1.29 is 22.9 Å². The zero-order chi connectivity index (χ0) is 17.4. The molecule has 2 rings (SSSR count). The fraction of sp³-hybridized carbons (Fsp3) is 0.154. The molecule has 1 heterocycles. The monoisotopic (exact) mass is 402 g/mol. The molecule has 0 aliphatic carbocycles. The summed E-state index contributed by atoms with van der Waals surface area (Å²) in [6.07, 6.45) is 1.20. The van der Waals surface area contributed by atoms with Gasteiger partial charge in [0.2, 0.25) is 0 Å². The summed E-state index contributed by atoms with van der Waals surface area (Å²) in [6, 6.07) is 4.89. The smallest absolute Gasteiger partial charge is 0.355 e. The first-order valence-corrected chi connectivity index (χ1v) is 8.38. The number of rotatable bonds is 4. The predicted molar refractivity (Wildman–Crippen MR) is 83.9 cm³/mol. The predicted octanol–water partition coefficient (Wildman–Crippen LogP) is 2.49. The molecule has 0 aliphatic heterocycles. The van der Waals surface area contributed by atoms with Crippen LogP contribution in [0.4, 0.5) is 5.69 Å². The Balaban J connectivity index is 2.75. The molecule has 0 saturated heterocycles. The maximum absolute atomic E-state index is 12.8. The second-order valence-electron chi connectivity index (χ2n) is 4.56. The number of carbonyl (C=O) groups excluding carboxylic acids is 1. The number of methoxy groups -OCH3 is 1. The molecular weight excluding hydrogens is 392 g/mol. The van der Waals surface area contributed by atoms with Crippen molar-refractivity contribution in [2.75, 3.05) is 7.11 Å². The number of aromatic nitrogens is 1. The third-order valence-electron chi connectivity index (χ3n) is 2.97. The van der Waals surface area contributed by atoms with Gasteiger partial charge in [-0.15, -0.1) is 0 Å². The van der Waals surface area contributed by atoms with E-state index >= 15 is 0 Å². The number of nitro groups is 1. The van der Waals surface area contributed by atoms with E-state index in [1.807, 2.05) is 0 Å². The summed E-state index contributed by atoms with van der Waals surface area (Å²) in [5.41, 5.74) is -0.336. The highest BCUT2D eigenvalue weighted by molar-refractivity contribution is 9.10. The second-order valence-corrected chi connectivity index (χ2v) is 7.26. The van der Waals surface area contributed by atoms with Crippen LogP contribution >= 0.6 is 15.9 Å². The molecule has 0 radical (unpaired) electrons. The first-order chi connectivity index (χ1) is 10.7. The molecule has 10 heteroatoms. The number of halogens is 1. The van der Waals surface area contributed by atoms with E-state index in [1.165, 1.54) is 18.3 Å². The van der Waals surface area contributed by atoms with E-state index in [2.05, 4.69) is 20.7 Å². The fourth-order valence-corrected chi connectivity index (χ4v) is 3.87. The highest BCUT2D eigenvalue weighted by atomic mass is 79.9. The summed E-state index contributed by atoms with van der Waals surface area (Å²) >= 11 is 3.06. The van der Waals surface area contributed by atoms with Gasteiger partial charge in [-0.1, -0.05) is 15.9 Å². The Hall–Kier alpha value is -2.20. The van der Waals surface area contributed by atoms with Gasteiger partial charge in [-0.05, 0) is 30.7 Å². The van der Waals surface area contributed by atoms with Crippen molar-refractivity contribution in [3.63, 3.8) is 0 Å². The molecule has 1 aromatic heterocycles. The average Bonchev–Trinajstić information content (AvgIpc) is 2.88.